The summed E-state index contributed by atoms with van der Waals surface area (Å²) in [6.45, 7) is 9.38. The largest absolute Gasteiger partial charge is 0.310 e. The summed E-state index contributed by atoms with van der Waals surface area (Å²) in [6.07, 6.45) is 1.86. The maximum absolute atomic E-state index is 5.22. The summed E-state index contributed by atoms with van der Waals surface area (Å²) < 4.78 is 0. The van der Waals surface area contributed by atoms with Gasteiger partial charge in [0.15, 0.2) is 0 Å². The van der Waals surface area contributed by atoms with Gasteiger partial charge in [0.2, 0.25) is 0 Å². The molecule has 0 aliphatic heterocycles. The van der Waals surface area contributed by atoms with Gasteiger partial charge in [-0.05, 0) is 104 Å². The highest BCUT2D eigenvalue weighted by Gasteiger charge is 2.37. The zero-order valence-electron chi connectivity index (χ0n) is 32.6. The fourth-order valence-corrected chi connectivity index (χ4v) is 9.75. The van der Waals surface area contributed by atoms with Crippen LogP contribution in [0.25, 0.3) is 66.4 Å². The van der Waals surface area contributed by atoms with Crippen molar-refractivity contribution >= 4 is 38.9 Å². The molecule has 0 unspecified atom stereocenters. The third kappa shape index (κ3) is 5.05. The molecule has 2 heterocycles. The van der Waals surface area contributed by atoms with Crippen molar-refractivity contribution in [1.82, 2.24) is 9.97 Å². The first-order valence-electron chi connectivity index (χ1n) is 19.9. The number of hydrogen-bond acceptors (Lipinski definition) is 3. The Labute approximate surface area is 334 Å². The predicted molar refractivity (Wildman–Crippen MR) is 238 cm³/mol. The number of hydrogen-bond donors (Lipinski definition) is 0. The smallest absolute Gasteiger partial charge is 0.0978 e. The molecular weight excluding hydrogens is 691 g/mol. The van der Waals surface area contributed by atoms with E-state index >= 15 is 0 Å². The highest BCUT2D eigenvalue weighted by Crippen LogP contribution is 2.53. The maximum atomic E-state index is 5.22. The summed E-state index contributed by atoms with van der Waals surface area (Å²) in [5.74, 6) is 0. The molecule has 0 bridgehead atoms. The number of rotatable bonds is 5. The van der Waals surface area contributed by atoms with Gasteiger partial charge in [-0.3, -0.25) is 4.98 Å². The average Bonchev–Trinajstić information content (AvgIpc) is 3.63. The minimum atomic E-state index is -0.0629. The molecule has 2 aliphatic rings. The van der Waals surface area contributed by atoms with E-state index in [1.165, 1.54) is 44.5 Å². The predicted octanol–water partition coefficient (Wildman–Crippen LogP) is 14.2. The summed E-state index contributed by atoms with van der Waals surface area (Å²) in [7, 11) is 0. The molecule has 0 radical (unpaired) electrons. The summed E-state index contributed by atoms with van der Waals surface area (Å²) in [4.78, 5) is 12.5. The van der Waals surface area contributed by atoms with Crippen molar-refractivity contribution in [2.24, 2.45) is 0 Å². The maximum Gasteiger partial charge on any atom is 0.0978 e. The average molecular weight is 732 g/mol. The number of benzene rings is 7. The summed E-state index contributed by atoms with van der Waals surface area (Å²) in [5, 5.41) is 2.17. The Morgan fingerprint density at radius 2 is 0.965 bits per heavy atom. The van der Waals surface area contributed by atoms with Crippen LogP contribution in [0, 0.1) is 0 Å². The molecule has 0 spiro atoms. The van der Waals surface area contributed by atoms with Gasteiger partial charge in [0.1, 0.15) is 0 Å². The summed E-state index contributed by atoms with van der Waals surface area (Å²) in [5.41, 5.74) is 20.1. The zero-order chi connectivity index (χ0) is 38.5. The highest BCUT2D eigenvalue weighted by molar-refractivity contribution is 6.09. The normalized spacial score (nSPS) is 14.2. The molecule has 11 rings (SSSR count). The minimum absolute atomic E-state index is 0.0629. The fourth-order valence-electron chi connectivity index (χ4n) is 9.75. The lowest BCUT2D eigenvalue weighted by Crippen LogP contribution is -2.16. The summed E-state index contributed by atoms with van der Waals surface area (Å²) in [6, 6.07) is 62.2. The van der Waals surface area contributed by atoms with Crippen LogP contribution in [-0.4, -0.2) is 9.97 Å². The first-order chi connectivity index (χ1) is 27.8. The molecule has 9 aromatic rings. The van der Waals surface area contributed by atoms with E-state index in [0.717, 1.165) is 61.3 Å². The molecule has 7 aromatic carbocycles. The van der Waals surface area contributed by atoms with Crippen LogP contribution in [0.4, 0.5) is 17.1 Å². The van der Waals surface area contributed by atoms with Crippen molar-refractivity contribution in [2.45, 2.75) is 38.5 Å². The van der Waals surface area contributed by atoms with E-state index in [-0.39, 0.29) is 10.8 Å². The first-order valence-corrected chi connectivity index (χ1v) is 19.9. The van der Waals surface area contributed by atoms with E-state index in [2.05, 4.69) is 190 Å². The van der Waals surface area contributed by atoms with Gasteiger partial charge in [0.25, 0.3) is 0 Å². The Kier molecular flexibility index (Phi) is 7.25. The standard InChI is InChI=1S/C54H41N3/c1-53(2)46-18-10-8-16-40(46)44-31-38(25-28-48(44)53)57(39-26-29-49-45(32-39)41-17-9-11-19-47(41)54(49,3)4)37-23-20-34(21-24-37)43-33-50(35-13-6-5-7-14-35)56-52-42(43)27-22-36-15-12-30-55-51(36)52/h5-33H,1-4H3. The SMILES string of the molecule is CC1(C)c2ccccc2-c2cc(N(c3ccc(-c4cc(-c5ccccc5)nc5c4ccc4cccnc45)cc3)c3ccc4c(c3)-c3ccccc3C4(C)C)ccc21. The van der Waals surface area contributed by atoms with Crippen LogP contribution >= 0.6 is 0 Å². The lowest BCUT2D eigenvalue weighted by molar-refractivity contribution is 0.660. The Morgan fingerprint density at radius 3 is 1.60 bits per heavy atom. The molecule has 57 heavy (non-hydrogen) atoms. The third-order valence-corrected chi connectivity index (χ3v) is 12.7. The van der Waals surface area contributed by atoms with Gasteiger partial charge in [-0.2, -0.15) is 0 Å². The number of anilines is 3. The Morgan fingerprint density at radius 1 is 0.404 bits per heavy atom. The Balaban J connectivity index is 1.09. The van der Waals surface area contributed by atoms with Gasteiger partial charge in [0.05, 0.1) is 16.7 Å². The highest BCUT2D eigenvalue weighted by atomic mass is 15.1. The van der Waals surface area contributed by atoms with Crippen LogP contribution in [0.5, 0.6) is 0 Å². The van der Waals surface area contributed by atoms with Crippen molar-refractivity contribution in [3.63, 3.8) is 0 Å². The van der Waals surface area contributed by atoms with E-state index in [0.29, 0.717) is 0 Å². The molecule has 0 amide bonds. The van der Waals surface area contributed by atoms with E-state index in [1.807, 2.05) is 18.3 Å². The van der Waals surface area contributed by atoms with Crippen molar-refractivity contribution in [3.8, 4) is 44.6 Å². The van der Waals surface area contributed by atoms with Gasteiger partial charge in [0, 0.05) is 50.4 Å². The lowest BCUT2D eigenvalue weighted by atomic mass is 9.82. The van der Waals surface area contributed by atoms with Gasteiger partial charge in [-0.25, -0.2) is 4.98 Å². The second kappa shape index (κ2) is 12.3. The molecule has 2 aromatic heterocycles. The monoisotopic (exact) mass is 731 g/mol. The van der Waals surface area contributed by atoms with Crippen LogP contribution in [0.1, 0.15) is 49.9 Å². The van der Waals surface area contributed by atoms with Crippen molar-refractivity contribution in [1.29, 1.82) is 0 Å². The minimum Gasteiger partial charge on any atom is -0.310 e. The van der Waals surface area contributed by atoms with Crippen molar-refractivity contribution in [3.05, 3.63) is 198 Å². The van der Waals surface area contributed by atoms with E-state index < -0.39 is 0 Å². The molecule has 0 saturated heterocycles. The van der Waals surface area contributed by atoms with Gasteiger partial charge >= 0.3 is 0 Å². The van der Waals surface area contributed by atoms with Crippen LogP contribution in [-0.2, 0) is 10.8 Å². The number of aromatic nitrogens is 2. The number of pyridine rings is 2. The number of fused-ring (bicyclic) bond motifs is 9. The Bertz CT molecular complexity index is 2960. The van der Waals surface area contributed by atoms with Crippen LogP contribution in [0.3, 0.4) is 0 Å². The fraction of sp³-hybridized carbons (Fsp3) is 0.111. The molecule has 0 N–H and O–H groups in total. The van der Waals surface area contributed by atoms with E-state index in [1.54, 1.807) is 0 Å². The molecule has 2 aliphatic carbocycles. The molecule has 0 saturated carbocycles. The first kappa shape index (κ1) is 33.5. The van der Waals surface area contributed by atoms with Crippen molar-refractivity contribution < 1.29 is 0 Å². The van der Waals surface area contributed by atoms with Crippen LogP contribution in [0.2, 0.25) is 0 Å². The quantitative estimate of drug-likeness (QED) is 0.165. The lowest BCUT2D eigenvalue weighted by Gasteiger charge is -2.28. The van der Waals surface area contributed by atoms with E-state index in [9.17, 15) is 0 Å². The zero-order valence-corrected chi connectivity index (χ0v) is 32.6. The van der Waals surface area contributed by atoms with Gasteiger partial charge in [-0.15, -0.1) is 0 Å². The second-order valence-electron chi connectivity index (χ2n) is 16.6. The molecular formula is C54H41N3. The van der Waals surface area contributed by atoms with Crippen molar-refractivity contribution in [2.75, 3.05) is 4.90 Å². The molecule has 3 nitrogen and oxygen atoms in total. The van der Waals surface area contributed by atoms with Crippen LogP contribution < -0.4 is 4.90 Å². The molecule has 0 fully saturated rings. The topological polar surface area (TPSA) is 29.0 Å². The molecule has 3 heteroatoms. The molecule has 0 atom stereocenters. The number of nitrogens with zero attached hydrogens (tertiary/aromatic N) is 3. The Hall–Kier alpha value is -6.84. The van der Waals surface area contributed by atoms with Crippen LogP contribution in [0.15, 0.2) is 176 Å². The molecule has 272 valence electrons. The van der Waals surface area contributed by atoms with Gasteiger partial charge < -0.3 is 4.90 Å². The second-order valence-corrected chi connectivity index (χ2v) is 16.6. The van der Waals surface area contributed by atoms with E-state index in [4.69, 9.17) is 9.97 Å². The summed E-state index contributed by atoms with van der Waals surface area (Å²) >= 11 is 0. The third-order valence-electron chi connectivity index (χ3n) is 12.7. The van der Waals surface area contributed by atoms with Gasteiger partial charge in [-0.1, -0.05) is 149 Å².